The van der Waals surface area contributed by atoms with Gasteiger partial charge in [0, 0.05) is 5.97 Å². The van der Waals surface area contributed by atoms with Crippen molar-refractivity contribution >= 4 is 11.9 Å². The summed E-state index contributed by atoms with van der Waals surface area (Å²) in [6, 6.07) is -0.858. The van der Waals surface area contributed by atoms with Gasteiger partial charge in [-0.25, -0.2) is 0 Å². The second kappa shape index (κ2) is 5.54. The molecule has 0 aromatic carbocycles. The fourth-order valence-corrected chi connectivity index (χ4v) is 0.641. The minimum absolute atomic E-state index is 0.0567. The van der Waals surface area contributed by atoms with Gasteiger partial charge in [0.25, 0.3) is 0 Å². The van der Waals surface area contributed by atoms with E-state index in [-0.39, 0.29) is 19.4 Å². The van der Waals surface area contributed by atoms with Gasteiger partial charge in [0.2, 0.25) is 0 Å². The molecule has 5 nitrogen and oxygen atoms in total. The van der Waals surface area contributed by atoms with Gasteiger partial charge in [-0.2, -0.15) is 0 Å². The van der Waals surface area contributed by atoms with Crippen LogP contribution in [0.2, 0.25) is 0 Å². The van der Waals surface area contributed by atoms with Crippen molar-refractivity contribution in [3.63, 3.8) is 0 Å². The molecule has 0 aromatic heterocycles. The third kappa shape index (κ3) is 4.68. The summed E-state index contributed by atoms with van der Waals surface area (Å²) >= 11 is 0. The molecule has 0 bridgehead atoms. The van der Waals surface area contributed by atoms with Crippen molar-refractivity contribution in [1.29, 1.82) is 0 Å². The lowest BCUT2D eigenvalue weighted by atomic mass is 10.2. The molecule has 0 aliphatic heterocycles. The highest BCUT2D eigenvalue weighted by Crippen LogP contribution is 1.95. The van der Waals surface area contributed by atoms with Crippen molar-refractivity contribution in [3.05, 3.63) is 0 Å². The molecule has 0 amide bonds. The third-order valence-electron chi connectivity index (χ3n) is 1.25. The summed E-state index contributed by atoms with van der Waals surface area (Å²) in [5, 5.41) is 9.97. The standard InChI is InChI=1S/C7H13NO4/c1-2-12-7(11)5(8)3-4-6(9)10/h5H,2-4,8H2,1H3,(H,9,10)/p-1/t5-/m0/s1. The van der Waals surface area contributed by atoms with Crippen LogP contribution in [0.3, 0.4) is 0 Å². The van der Waals surface area contributed by atoms with Crippen molar-refractivity contribution in [3.8, 4) is 0 Å². The van der Waals surface area contributed by atoms with Gasteiger partial charge < -0.3 is 20.4 Å². The number of carboxylic acid groups (broad SMARTS) is 1. The fourth-order valence-electron chi connectivity index (χ4n) is 0.641. The first-order valence-corrected chi connectivity index (χ1v) is 3.70. The maximum atomic E-state index is 10.8. The first-order chi connectivity index (χ1) is 5.57. The van der Waals surface area contributed by atoms with Gasteiger partial charge in [0.1, 0.15) is 6.04 Å². The first-order valence-electron chi connectivity index (χ1n) is 3.70. The summed E-state index contributed by atoms with van der Waals surface area (Å²) in [7, 11) is 0. The number of aliphatic carboxylic acids is 1. The summed E-state index contributed by atoms with van der Waals surface area (Å²) in [6.45, 7) is 1.90. The van der Waals surface area contributed by atoms with Gasteiger partial charge in [-0.05, 0) is 19.8 Å². The highest BCUT2D eigenvalue weighted by atomic mass is 16.5. The van der Waals surface area contributed by atoms with E-state index >= 15 is 0 Å². The zero-order valence-electron chi connectivity index (χ0n) is 6.91. The van der Waals surface area contributed by atoms with Gasteiger partial charge in [-0.3, -0.25) is 4.79 Å². The number of hydrogen-bond acceptors (Lipinski definition) is 5. The molecule has 0 unspecified atom stereocenters. The lowest BCUT2D eigenvalue weighted by Crippen LogP contribution is -2.34. The monoisotopic (exact) mass is 174 g/mol. The molecule has 0 aromatic rings. The van der Waals surface area contributed by atoms with Crippen molar-refractivity contribution in [2.75, 3.05) is 6.61 Å². The maximum Gasteiger partial charge on any atom is 0.322 e. The normalized spacial score (nSPS) is 12.2. The first kappa shape index (κ1) is 10.9. The van der Waals surface area contributed by atoms with Gasteiger partial charge in [-0.1, -0.05) is 0 Å². The Balaban J connectivity index is 3.63. The van der Waals surface area contributed by atoms with Gasteiger partial charge >= 0.3 is 5.97 Å². The molecule has 5 heteroatoms. The van der Waals surface area contributed by atoms with E-state index in [4.69, 9.17) is 5.73 Å². The summed E-state index contributed by atoms with van der Waals surface area (Å²) in [6.07, 6.45) is -0.166. The van der Waals surface area contributed by atoms with E-state index in [0.717, 1.165) is 0 Å². The van der Waals surface area contributed by atoms with Crippen LogP contribution in [0.25, 0.3) is 0 Å². The number of carbonyl (C=O) groups is 2. The lowest BCUT2D eigenvalue weighted by Gasteiger charge is -2.09. The van der Waals surface area contributed by atoms with Crippen molar-refractivity contribution in [2.45, 2.75) is 25.8 Å². The molecule has 0 fully saturated rings. The number of nitrogens with two attached hydrogens (primary N) is 1. The fraction of sp³-hybridized carbons (Fsp3) is 0.714. The molecule has 0 saturated heterocycles. The molecule has 12 heavy (non-hydrogen) atoms. The zero-order valence-corrected chi connectivity index (χ0v) is 6.91. The van der Waals surface area contributed by atoms with E-state index in [2.05, 4.69) is 4.74 Å². The molecule has 1 atom stereocenters. The van der Waals surface area contributed by atoms with Crippen LogP contribution in [0.1, 0.15) is 19.8 Å². The van der Waals surface area contributed by atoms with Crippen LogP contribution >= 0.6 is 0 Å². The Morgan fingerprint density at radius 1 is 1.58 bits per heavy atom. The third-order valence-corrected chi connectivity index (χ3v) is 1.25. The Morgan fingerprint density at radius 2 is 2.17 bits per heavy atom. The summed E-state index contributed by atoms with van der Waals surface area (Å²) < 4.78 is 4.56. The van der Waals surface area contributed by atoms with Gasteiger partial charge in [-0.15, -0.1) is 0 Å². The van der Waals surface area contributed by atoms with Crippen LogP contribution in [0, 0.1) is 0 Å². The number of esters is 1. The molecular weight excluding hydrogens is 162 g/mol. The van der Waals surface area contributed by atoms with E-state index in [1.165, 1.54) is 0 Å². The van der Waals surface area contributed by atoms with Crippen molar-refractivity contribution < 1.29 is 19.4 Å². The smallest absolute Gasteiger partial charge is 0.322 e. The van der Waals surface area contributed by atoms with Crippen LogP contribution in [-0.4, -0.2) is 24.6 Å². The molecule has 0 heterocycles. The molecule has 0 radical (unpaired) electrons. The van der Waals surface area contributed by atoms with Crippen molar-refractivity contribution in [1.82, 2.24) is 0 Å². The topological polar surface area (TPSA) is 92.5 Å². The average Bonchev–Trinajstić information content (AvgIpc) is 2.00. The van der Waals surface area contributed by atoms with Crippen molar-refractivity contribution in [2.24, 2.45) is 5.73 Å². The van der Waals surface area contributed by atoms with Crippen LogP contribution in [-0.2, 0) is 14.3 Å². The molecule has 2 N–H and O–H groups in total. The molecule has 70 valence electrons. The summed E-state index contributed by atoms with van der Waals surface area (Å²) in [4.78, 5) is 20.8. The summed E-state index contributed by atoms with van der Waals surface area (Å²) in [5.74, 6) is -1.78. The summed E-state index contributed by atoms with van der Waals surface area (Å²) in [5.41, 5.74) is 5.29. The highest BCUT2D eigenvalue weighted by Gasteiger charge is 2.13. The zero-order chi connectivity index (χ0) is 9.56. The Labute approximate surface area is 70.5 Å². The largest absolute Gasteiger partial charge is 0.550 e. The second-order valence-electron chi connectivity index (χ2n) is 2.27. The second-order valence-corrected chi connectivity index (χ2v) is 2.27. The molecule has 0 spiro atoms. The molecular formula is C7H12NO4-. The van der Waals surface area contributed by atoms with E-state index < -0.39 is 18.0 Å². The Bertz CT molecular complexity index is 169. The molecule has 0 rings (SSSR count). The number of carbonyl (C=O) groups excluding carboxylic acids is 2. The maximum absolute atomic E-state index is 10.8. The highest BCUT2D eigenvalue weighted by molar-refractivity contribution is 5.76. The van der Waals surface area contributed by atoms with Crippen LogP contribution in [0.5, 0.6) is 0 Å². The number of ether oxygens (including phenoxy) is 1. The van der Waals surface area contributed by atoms with Gasteiger partial charge in [0.05, 0.1) is 6.61 Å². The predicted molar refractivity (Wildman–Crippen MR) is 38.8 cm³/mol. The molecule has 0 aliphatic rings. The number of carboxylic acids is 1. The van der Waals surface area contributed by atoms with E-state index in [9.17, 15) is 14.7 Å². The number of rotatable bonds is 5. The SMILES string of the molecule is CCOC(=O)[C@@H](N)CCC(=O)[O-]. The van der Waals surface area contributed by atoms with Gasteiger partial charge in [0.15, 0.2) is 0 Å². The molecule has 0 aliphatic carbocycles. The minimum Gasteiger partial charge on any atom is -0.550 e. The van der Waals surface area contributed by atoms with Crippen LogP contribution < -0.4 is 10.8 Å². The lowest BCUT2D eigenvalue weighted by molar-refractivity contribution is -0.305. The van der Waals surface area contributed by atoms with E-state index in [1.54, 1.807) is 6.92 Å². The Morgan fingerprint density at radius 3 is 2.58 bits per heavy atom. The predicted octanol–water partition coefficient (Wildman–Crippen LogP) is -1.59. The minimum atomic E-state index is -1.21. The van der Waals surface area contributed by atoms with E-state index in [1.807, 2.05) is 0 Å². The quantitative estimate of drug-likeness (QED) is 0.507. The van der Waals surface area contributed by atoms with Crippen LogP contribution in [0.15, 0.2) is 0 Å². The average molecular weight is 174 g/mol. The Kier molecular flexibility index (Phi) is 5.03. The Hall–Kier alpha value is -1.10. The number of hydrogen-bond donors (Lipinski definition) is 1. The molecule has 0 saturated carbocycles. The van der Waals surface area contributed by atoms with E-state index in [0.29, 0.717) is 0 Å². The van der Waals surface area contributed by atoms with Crippen LogP contribution in [0.4, 0.5) is 0 Å².